The molecule has 1 heterocycles. The molecule has 0 amide bonds. The van der Waals surface area contributed by atoms with Gasteiger partial charge in [-0.2, -0.15) is 0 Å². The highest BCUT2D eigenvalue weighted by Crippen LogP contribution is 2.27. The van der Waals surface area contributed by atoms with Gasteiger partial charge in [-0.1, -0.05) is 28.9 Å². The maximum absolute atomic E-state index is 5.70. The van der Waals surface area contributed by atoms with Gasteiger partial charge in [-0.15, -0.1) is 0 Å². The average molecular weight is 341 g/mol. The van der Waals surface area contributed by atoms with Crippen molar-refractivity contribution in [2.45, 2.75) is 45.9 Å². The standard InChI is InChI=1S/C16H25BrN2O/c1-4-7-18-9-14-5-6-15(8-16(14)17)19-10-13(3)20-11-12(19)2/h5-6,8,12-13,18H,4,7,9-11H2,1-3H3. The number of nitrogens with zero attached hydrogens (tertiary/aromatic N) is 1. The Kier molecular flexibility index (Phi) is 5.87. The van der Waals surface area contributed by atoms with E-state index in [0.717, 1.165) is 26.2 Å². The van der Waals surface area contributed by atoms with Crippen molar-refractivity contribution in [3.63, 3.8) is 0 Å². The van der Waals surface area contributed by atoms with E-state index in [1.807, 2.05) is 0 Å². The van der Waals surface area contributed by atoms with Crippen LogP contribution in [-0.4, -0.2) is 31.8 Å². The van der Waals surface area contributed by atoms with Crippen molar-refractivity contribution >= 4 is 21.6 Å². The number of halogens is 1. The predicted octanol–water partition coefficient (Wildman–Crippen LogP) is 3.56. The lowest BCUT2D eigenvalue weighted by Crippen LogP contribution is -2.47. The van der Waals surface area contributed by atoms with Gasteiger partial charge in [-0.05, 0) is 44.5 Å². The topological polar surface area (TPSA) is 24.5 Å². The Morgan fingerprint density at radius 3 is 2.90 bits per heavy atom. The molecule has 0 spiro atoms. The largest absolute Gasteiger partial charge is 0.375 e. The number of benzene rings is 1. The summed E-state index contributed by atoms with van der Waals surface area (Å²) in [5, 5.41) is 3.44. The third-order valence-electron chi connectivity index (χ3n) is 3.72. The van der Waals surface area contributed by atoms with Crippen LogP contribution in [0.15, 0.2) is 22.7 Å². The van der Waals surface area contributed by atoms with Gasteiger partial charge in [0, 0.05) is 29.3 Å². The second-order valence-corrected chi connectivity index (χ2v) is 6.45. The second-order valence-electron chi connectivity index (χ2n) is 5.60. The number of rotatable bonds is 5. The first kappa shape index (κ1) is 15.8. The quantitative estimate of drug-likeness (QED) is 0.829. The molecule has 4 heteroatoms. The molecule has 1 fully saturated rings. The molecular formula is C16H25BrN2O. The van der Waals surface area contributed by atoms with Gasteiger partial charge in [-0.3, -0.25) is 0 Å². The van der Waals surface area contributed by atoms with Crippen LogP contribution in [0.2, 0.25) is 0 Å². The summed E-state index contributed by atoms with van der Waals surface area (Å²) in [5.41, 5.74) is 2.59. The van der Waals surface area contributed by atoms with Crippen molar-refractivity contribution in [2.24, 2.45) is 0 Å². The van der Waals surface area contributed by atoms with Crippen LogP contribution in [0.4, 0.5) is 5.69 Å². The summed E-state index contributed by atoms with van der Waals surface area (Å²) in [6, 6.07) is 7.11. The molecule has 112 valence electrons. The molecule has 1 aliphatic rings. The molecule has 3 nitrogen and oxygen atoms in total. The molecule has 1 saturated heterocycles. The first-order chi connectivity index (χ1) is 9.61. The molecule has 0 bridgehead atoms. The Morgan fingerprint density at radius 1 is 1.40 bits per heavy atom. The number of ether oxygens (including phenoxy) is 1. The molecule has 0 saturated carbocycles. The molecule has 2 atom stereocenters. The van der Waals surface area contributed by atoms with Gasteiger partial charge in [0.15, 0.2) is 0 Å². The first-order valence-corrected chi connectivity index (χ1v) is 8.28. The van der Waals surface area contributed by atoms with E-state index in [0.29, 0.717) is 12.1 Å². The van der Waals surface area contributed by atoms with Crippen LogP contribution in [-0.2, 0) is 11.3 Å². The van der Waals surface area contributed by atoms with Gasteiger partial charge in [0.25, 0.3) is 0 Å². The smallest absolute Gasteiger partial charge is 0.0723 e. The zero-order valence-electron chi connectivity index (χ0n) is 12.7. The average Bonchev–Trinajstić information content (AvgIpc) is 2.43. The van der Waals surface area contributed by atoms with Crippen LogP contribution in [0.5, 0.6) is 0 Å². The van der Waals surface area contributed by atoms with Crippen LogP contribution in [0.3, 0.4) is 0 Å². The summed E-state index contributed by atoms with van der Waals surface area (Å²) in [6.45, 7) is 10.3. The zero-order valence-corrected chi connectivity index (χ0v) is 14.2. The van der Waals surface area contributed by atoms with Gasteiger partial charge < -0.3 is 15.0 Å². The van der Waals surface area contributed by atoms with Gasteiger partial charge in [0.2, 0.25) is 0 Å². The van der Waals surface area contributed by atoms with Crippen LogP contribution >= 0.6 is 15.9 Å². The highest BCUT2D eigenvalue weighted by atomic mass is 79.9. The molecule has 1 N–H and O–H groups in total. The molecular weight excluding hydrogens is 316 g/mol. The van der Waals surface area contributed by atoms with Gasteiger partial charge in [0.1, 0.15) is 0 Å². The Hall–Kier alpha value is -0.580. The summed E-state index contributed by atoms with van der Waals surface area (Å²) in [4.78, 5) is 2.43. The third-order valence-corrected chi connectivity index (χ3v) is 4.46. The molecule has 0 aliphatic carbocycles. The maximum Gasteiger partial charge on any atom is 0.0723 e. The van der Waals surface area contributed by atoms with Crippen molar-refractivity contribution < 1.29 is 4.74 Å². The summed E-state index contributed by atoms with van der Waals surface area (Å²) < 4.78 is 6.88. The highest BCUT2D eigenvalue weighted by molar-refractivity contribution is 9.10. The van der Waals surface area contributed by atoms with E-state index in [4.69, 9.17) is 4.74 Å². The Balaban J connectivity index is 2.07. The second kappa shape index (κ2) is 7.43. The number of anilines is 1. The summed E-state index contributed by atoms with van der Waals surface area (Å²) in [7, 11) is 0. The Bertz CT molecular complexity index is 438. The number of hydrogen-bond donors (Lipinski definition) is 1. The van der Waals surface area contributed by atoms with Crippen LogP contribution < -0.4 is 10.2 Å². The van der Waals surface area contributed by atoms with Gasteiger partial charge in [-0.25, -0.2) is 0 Å². The predicted molar refractivity (Wildman–Crippen MR) is 88.4 cm³/mol. The van der Waals surface area contributed by atoms with Crippen molar-refractivity contribution in [2.75, 3.05) is 24.6 Å². The minimum Gasteiger partial charge on any atom is -0.375 e. The molecule has 1 aromatic carbocycles. The molecule has 2 rings (SSSR count). The number of hydrogen-bond acceptors (Lipinski definition) is 3. The van der Waals surface area contributed by atoms with E-state index >= 15 is 0 Å². The monoisotopic (exact) mass is 340 g/mol. The van der Waals surface area contributed by atoms with E-state index in [2.05, 4.69) is 65.1 Å². The van der Waals surface area contributed by atoms with E-state index < -0.39 is 0 Å². The summed E-state index contributed by atoms with van der Waals surface area (Å²) in [5.74, 6) is 0. The van der Waals surface area contributed by atoms with E-state index in [9.17, 15) is 0 Å². The van der Waals surface area contributed by atoms with Crippen LogP contribution in [0.1, 0.15) is 32.8 Å². The fourth-order valence-electron chi connectivity index (χ4n) is 2.52. The lowest BCUT2D eigenvalue weighted by Gasteiger charge is -2.38. The molecule has 1 aliphatic heterocycles. The normalized spacial score (nSPS) is 23.1. The first-order valence-electron chi connectivity index (χ1n) is 7.49. The van der Waals surface area contributed by atoms with E-state index in [1.54, 1.807) is 0 Å². The number of nitrogens with one attached hydrogen (secondary N) is 1. The van der Waals surface area contributed by atoms with Crippen molar-refractivity contribution in [1.29, 1.82) is 0 Å². The Morgan fingerprint density at radius 2 is 2.20 bits per heavy atom. The third kappa shape index (κ3) is 3.96. The van der Waals surface area contributed by atoms with Gasteiger partial charge in [0.05, 0.1) is 12.7 Å². The Labute approximate surface area is 130 Å². The molecule has 0 aromatic heterocycles. The van der Waals surface area contributed by atoms with Crippen LogP contribution in [0, 0.1) is 0 Å². The maximum atomic E-state index is 5.70. The fraction of sp³-hybridized carbons (Fsp3) is 0.625. The lowest BCUT2D eigenvalue weighted by atomic mass is 10.1. The van der Waals surface area contributed by atoms with Crippen molar-refractivity contribution in [3.05, 3.63) is 28.2 Å². The fourth-order valence-corrected chi connectivity index (χ4v) is 3.03. The lowest BCUT2D eigenvalue weighted by molar-refractivity contribution is 0.0344. The summed E-state index contributed by atoms with van der Waals surface area (Å²) in [6.07, 6.45) is 1.47. The van der Waals surface area contributed by atoms with Crippen LogP contribution in [0.25, 0.3) is 0 Å². The molecule has 2 unspecified atom stereocenters. The minimum atomic E-state index is 0.302. The van der Waals surface area contributed by atoms with Gasteiger partial charge >= 0.3 is 0 Å². The summed E-state index contributed by atoms with van der Waals surface area (Å²) >= 11 is 3.70. The SMILES string of the molecule is CCCNCc1ccc(N2CC(C)OCC2C)cc1Br. The highest BCUT2D eigenvalue weighted by Gasteiger charge is 2.23. The molecule has 1 aromatic rings. The van der Waals surface area contributed by atoms with E-state index in [1.165, 1.54) is 22.1 Å². The van der Waals surface area contributed by atoms with E-state index in [-0.39, 0.29) is 0 Å². The molecule has 0 radical (unpaired) electrons. The van der Waals surface area contributed by atoms with Crippen molar-refractivity contribution in [3.8, 4) is 0 Å². The van der Waals surface area contributed by atoms with Crippen molar-refractivity contribution in [1.82, 2.24) is 5.32 Å². The number of morpholine rings is 1. The molecule has 20 heavy (non-hydrogen) atoms. The zero-order chi connectivity index (χ0) is 14.5. The minimum absolute atomic E-state index is 0.302.